The van der Waals surface area contributed by atoms with Gasteiger partial charge in [-0.1, -0.05) is 13.3 Å². The minimum absolute atomic E-state index is 0.254. The van der Waals surface area contributed by atoms with Crippen molar-refractivity contribution in [3.05, 3.63) is 32.6 Å². The Morgan fingerprint density at radius 2 is 2.14 bits per heavy atom. The number of rotatable bonds is 3. The van der Waals surface area contributed by atoms with Crippen molar-refractivity contribution in [2.45, 2.75) is 32.2 Å². The zero-order valence-corrected chi connectivity index (χ0v) is 11.6. The summed E-state index contributed by atoms with van der Waals surface area (Å²) in [6.07, 6.45) is 2.95. The van der Waals surface area contributed by atoms with Gasteiger partial charge in [-0.25, -0.2) is 9.59 Å². The third-order valence-corrected chi connectivity index (χ3v) is 3.88. The van der Waals surface area contributed by atoms with Crippen LogP contribution in [-0.4, -0.2) is 44.4 Å². The topological polar surface area (TPSA) is 123 Å². The first-order valence-electron chi connectivity index (χ1n) is 6.79. The van der Waals surface area contributed by atoms with Crippen molar-refractivity contribution in [2.75, 3.05) is 6.54 Å². The van der Waals surface area contributed by atoms with Gasteiger partial charge >= 0.3 is 11.7 Å². The molecule has 8 heteroatoms. The van der Waals surface area contributed by atoms with E-state index in [-0.39, 0.29) is 18.0 Å². The van der Waals surface area contributed by atoms with E-state index >= 15 is 0 Å². The number of piperidine rings is 1. The summed E-state index contributed by atoms with van der Waals surface area (Å²) in [5.74, 6) is -1.50. The summed E-state index contributed by atoms with van der Waals surface area (Å²) in [7, 11) is 0. The van der Waals surface area contributed by atoms with Crippen LogP contribution in [0.4, 0.5) is 0 Å². The van der Waals surface area contributed by atoms with Crippen LogP contribution < -0.4 is 11.2 Å². The van der Waals surface area contributed by atoms with Gasteiger partial charge in [0.2, 0.25) is 0 Å². The zero-order chi connectivity index (χ0) is 15.6. The predicted molar refractivity (Wildman–Crippen MR) is 73.2 cm³/mol. The summed E-state index contributed by atoms with van der Waals surface area (Å²) in [6.45, 7) is 2.26. The van der Waals surface area contributed by atoms with Crippen molar-refractivity contribution >= 4 is 11.9 Å². The Hall–Kier alpha value is -2.38. The van der Waals surface area contributed by atoms with Crippen molar-refractivity contribution in [3.8, 4) is 0 Å². The Balaban J connectivity index is 2.30. The lowest BCUT2D eigenvalue weighted by Crippen LogP contribution is -2.51. The number of H-pyrrole nitrogens is 2. The van der Waals surface area contributed by atoms with E-state index < -0.39 is 29.2 Å². The van der Waals surface area contributed by atoms with Gasteiger partial charge in [-0.2, -0.15) is 0 Å². The summed E-state index contributed by atoms with van der Waals surface area (Å²) in [5, 5.41) is 9.29. The van der Waals surface area contributed by atoms with Gasteiger partial charge in [0.25, 0.3) is 11.5 Å². The van der Waals surface area contributed by atoms with Gasteiger partial charge in [-0.05, 0) is 18.8 Å². The number of aliphatic carboxylic acids is 1. The standard InChI is InChI=1S/C13H17N3O5/c1-2-7-3-4-16(9(5-7)12(19)20)11(18)8-6-14-13(21)15-10(8)17/h6-7,9H,2-5H2,1H3,(H,19,20)(H2,14,15,17,21). The molecule has 1 aromatic heterocycles. The molecule has 1 aliphatic rings. The quantitative estimate of drug-likeness (QED) is 0.711. The molecule has 0 saturated carbocycles. The number of carbonyl (C=O) groups is 2. The molecule has 1 aliphatic heterocycles. The number of aromatic nitrogens is 2. The maximum absolute atomic E-state index is 12.4. The molecule has 1 aromatic rings. The molecule has 21 heavy (non-hydrogen) atoms. The minimum Gasteiger partial charge on any atom is -0.480 e. The predicted octanol–water partition coefficient (Wildman–Crippen LogP) is -0.221. The van der Waals surface area contributed by atoms with E-state index in [0.717, 1.165) is 12.6 Å². The van der Waals surface area contributed by atoms with E-state index in [4.69, 9.17) is 0 Å². The number of carboxylic acids is 1. The number of nitrogens with one attached hydrogen (secondary N) is 2. The van der Waals surface area contributed by atoms with Gasteiger partial charge in [0.05, 0.1) is 0 Å². The van der Waals surface area contributed by atoms with Crippen molar-refractivity contribution < 1.29 is 14.7 Å². The van der Waals surface area contributed by atoms with Crippen molar-refractivity contribution in [2.24, 2.45) is 5.92 Å². The molecule has 2 atom stereocenters. The number of aromatic amines is 2. The molecule has 0 radical (unpaired) electrons. The van der Waals surface area contributed by atoms with Crippen LogP contribution in [0.3, 0.4) is 0 Å². The van der Waals surface area contributed by atoms with E-state index in [1.165, 1.54) is 4.90 Å². The number of amides is 1. The Labute approximate surface area is 119 Å². The lowest BCUT2D eigenvalue weighted by Gasteiger charge is -2.36. The number of nitrogens with zero attached hydrogens (tertiary/aromatic N) is 1. The van der Waals surface area contributed by atoms with Crippen LogP contribution in [0.1, 0.15) is 36.5 Å². The van der Waals surface area contributed by atoms with E-state index in [1.54, 1.807) is 0 Å². The number of likely N-dealkylation sites (tertiary alicyclic amines) is 1. The number of carboxylic acid groups (broad SMARTS) is 1. The highest BCUT2D eigenvalue weighted by atomic mass is 16.4. The van der Waals surface area contributed by atoms with Crippen LogP contribution in [0, 0.1) is 5.92 Å². The molecule has 2 rings (SSSR count). The van der Waals surface area contributed by atoms with Crippen LogP contribution in [0.25, 0.3) is 0 Å². The van der Waals surface area contributed by atoms with Gasteiger partial charge in [0, 0.05) is 12.7 Å². The third kappa shape index (κ3) is 3.04. The number of carbonyl (C=O) groups excluding carboxylic acids is 1. The second-order valence-electron chi connectivity index (χ2n) is 5.14. The van der Waals surface area contributed by atoms with Crippen molar-refractivity contribution in [1.29, 1.82) is 0 Å². The first-order valence-corrected chi connectivity index (χ1v) is 6.79. The summed E-state index contributed by atoms with van der Waals surface area (Å²) in [6, 6.07) is -0.942. The lowest BCUT2D eigenvalue weighted by atomic mass is 9.88. The van der Waals surface area contributed by atoms with Crippen LogP contribution >= 0.6 is 0 Å². The molecular weight excluding hydrogens is 278 g/mol. The molecule has 0 aromatic carbocycles. The summed E-state index contributed by atoms with van der Waals surface area (Å²) >= 11 is 0. The van der Waals surface area contributed by atoms with E-state index in [9.17, 15) is 24.3 Å². The van der Waals surface area contributed by atoms with Crippen LogP contribution in [0.15, 0.2) is 15.8 Å². The lowest BCUT2D eigenvalue weighted by molar-refractivity contribution is -0.144. The largest absolute Gasteiger partial charge is 0.480 e. The van der Waals surface area contributed by atoms with Gasteiger partial charge < -0.3 is 15.0 Å². The molecule has 114 valence electrons. The van der Waals surface area contributed by atoms with Gasteiger partial charge in [-0.15, -0.1) is 0 Å². The summed E-state index contributed by atoms with van der Waals surface area (Å²) in [4.78, 5) is 51.7. The first-order chi connectivity index (χ1) is 9.93. The molecule has 0 spiro atoms. The fourth-order valence-corrected chi connectivity index (χ4v) is 2.61. The fourth-order valence-electron chi connectivity index (χ4n) is 2.61. The minimum atomic E-state index is -1.08. The highest BCUT2D eigenvalue weighted by Crippen LogP contribution is 2.26. The number of hydrogen-bond donors (Lipinski definition) is 3. The number of hydrogen-bond acceptors (Lipinski definition) is 4. The average molecular weight is 295 g/mol. The van der Waals surface area contributed by atoms with E-state index in [1.807, 2.05) is 11.9 Å². The molecule has 2 heterocycles. The summed E-state index contributed by atoms with van der Waals surface area (Å²) in [5.41, 5.74) is -1.78. The molecule has 1 saturated heterocycles. The Bertz CT molecular complexity index is 662. The molecular formula is C13H17N3O5. The van der Waals surface area contributed by atoms with E-state index in [0.29, 0.717) is 12.8 Å². The van der Waals surface area contributed by atoms with E-state index in [2.05, 4.69) is 4.98 Å². The Morgan fingerprint density at radius 3 is 2.71 bits per heavy atom. The molecule has 0 bridgehead atoms. The van der Waals surface area contributed by atoms with Crippen molar-refractivity contribution in [3.63, 3.8) is 0 Å². The van der Waals surface area contributed by atoms with Gasteiger partial charge in [0.1, 0.15) is 11.6 Å². The highest BCUT2D eigenvalue weighted by Gasteiger charge is 2.36. The maximum Gasteiger partial charge on any atom is 0.326 e. The summed E-state index contributed by atoms with van der Waals surface area (Å²) < 4.78 is 0. The Kier molecular flexibility index (Phi) is 4.25. The normalized spacial score (nSPS) is 22.0. The first kappa shape index (κ1) is 15.0. The zero-order valence-electron chi connectivity index (χ0n) is 11.6. The second-order valence-corrected chi connectivity index (χ2v) is 5.14. The molecule has 1 amide bonds. The Morgan fingerprint density at radius 1 is 1.43 bits per heavy atom. The van der Waals surface area contributed by atoms with Crippen LogP contribution in [-0.2, 0) is 4.79 Å². The highest BCUT2D eigenvalue weighted by molar-refractivity contribution is 5.96. The molecule has 3 N–H and O–H groups in total. The second kappa shape index (κ2) is 5.94. The van der Waals surface area contributed by atoms with Crippen molar-refractivity contribution in [1.82, 2.24) is 14.9 Å². The van der Waals surface area contributed by atoms with Crippen LogP contribution in [0.2, 0.25) is 0 Å². The van der Waals surface area contributed by atoms with Gasteiger partial charge in [0.15, 0.2) is 0 Å². The molecule has 0 aliphatic carbocycles. The SMILES string of the molecule is CCC1CCN(C(=O)c2c[nH]c(=O)[nH]c2=O)C(C(=O)O)C1. The maximum atomic E-state index is 12.4. The smallest absolute Gasteiger partial charge is 0.326 e. The van der Waals surface area contributed by atoms with Gasteiger partial charge in [-0.3, -0.25) is 14.6 Å². The third-order valence-electron chi connectivity index (χ3n) is 3.88. The molecule has 1 fully saturated rings. The molecule has 2 unspecified atom stereocenters. The monoisotopic (exact) mass is 295 g/mol. The fraction of sp³-hybridized carbons (Fsp3) is 0.538. The van der Waals surface area contributed by atoms with Crippen LogP contribution in [0.5, 0.6) is 0 Å². The molecule has 8 nitrogen and oxygen atoms in total. The average Bonchev–Trinajstić information content (AvgIpc) is 2.46.